The minimum Gasteiger partial charge on any atom is -0.183 e. The summed E-state index contributed by atoms with van der Waals surface area (Å²) in [7, 11) is 1.36. The second-order valence-electron chi connectivity index (χ2n) is 3.82. The fourth-order valence-corrected chi connectivity index (χ4v) is 2.57. The van der Waals surface area contributed by atoms with Gasteiger partial charge in [0.25, 0.3) is 0 Å². The summed E-state index contributed by atoms with van der Waals surface area (Å²) in [5.74, 6) is -1.21. The van der Waals surface area contributed by atoms with E-state index in [2.05, 4.69) is 31.5 Å². The molecule has 1 atom stereocenters. The molecule has 1 heterocycles. The van der Waals surface area contributed by atoms with Gasteiger partial charge in [-0.1, -0.05) is 11.3 Å². The summed E-state index contributed by atoms with van der Waals surface area (Å²) >= 11 is 2.06. The predicted molar refractivity (Wildman–Crippen MR) is 68.4 cm³/mol. The molecule has 0 aliphatic heterocycles. The first-order valence-electron chi connectivity index (χ1n) is 4.98. The van der Waals surface area contributed by atoms with Crippen molar-refractivity contribution >= 4 is 35.9 Å². The van der Waals surface area contributed by atoms with E-state index in [1.165, 1.54) is 9.12 Å². The molecular weight excluding hydrogens is 366 g/mol. The molecule has 0 saturated heterocycles. The monoisotopic (exact) mass is 375 g/mol. The molecular formula is C9H9F3IN3S. The molecule has 0 spiro atoms. The summed E-state index contributed by atoms with van der Waals surface area (Å²) in [6, 6.07) is 0. The van der Waals surface area contributed by atoms with Crippen molar-refractivity contribution in [1.82, 2.24) is 14.4 Å². The van der Waals surface area contributed by atoms with Crippen molar-refractivity contribution in [3.8, 4) is 0 Å². The van der Waals surface area contributed by atoms with Gasteiger partial charge in [-0.15, -0.1) is 5.10 Å². The average molecular weight is 375 g/mol. The van der Waals surface area contributed by atoms with Gasteiger partial charge in [-0.25, -0.2) is 0 Å². The lowest BCUT2D eigenvalue weighted by Gasteiger charge is -2.23. The van der Waals surface area contributed by atoms with Gasteiger partial charge < -0.3 is 0 Å². The smallest absolute Gasteiger partial charge is 0.183 e. The largest absolute Gasteiger partial charge is 0.392 e. The second-order valence-corrected chi connectivity index (χ2v) is 5.51. The second kappa shape index (κ2) is 5.17. The molecule has 3 nitrogen and oxygen atoms in total. The molecule has 0 bridgehead atoms. The summed E-state index contributed by atoms with van der Waals surface area (Å²) in [6.07, 6.45) is -0.125. The van der Waals surface area contributed by atoms with Crippen LogP contribution in [0.25, 0.3) is 5.57 Å². The summed E-state index contributed by atoms with van der Waals surface area (Å²) in [5.41, 5.74) is 1.54. The molecule has 1 aromatic rings. The lowest BCUT2D eigenvalue weighted by molar-refractivity contribution is -0.175. The van der Waals surface area contributed by atoms with E-state index in [4.69, 9.17) is 0 Å². The van der Waals surface area contributed by atoms with Crippen LogP contribution in [0.4, 0.5) is 13.2 Å². The van der Waals surface area contributed by atoms with Gasteiger partial charge in [-0.2, -0.15) is 17.3 Å². The van der Waals surface area contributed by atoms with Crippen molar-refractivity contribution in [2.75, 3.05) is 0 Å². The van der Waals surface area contributed by atoms with E-state index in [0.29, 0.717) is 12.1 Å². The number of alkyl halides is 3. The van der Waals surface area contributed by atoms with Gasteiger partial charge in [-0.05, 0) is 24.8 Å². The van der Waals surface area contributed by atoms with Crippen molar-refractivity contribution in [3.05, 3.63) is 18.0 Å². The van der Waals surface area contributed by atoms with E-state index in [0.717, 1.165) is 5.57 Å². The fourth-order valence-electron chi connectivity index (χ4n) is 1.79. The van der Waals surface area contributed by atoms with Crippen LogP contribution in [-0.4, -0.2) is 20.6 Å². The van der Waals surface area contributed by atoms with Gasteiger partial charge in [-0.3, -0.25) is 0 Å². The third kappa shape index (κ3) is 3.15. The zero-order valence-corrected chi connectivity index (χ0v) is 11.6. The summed E-state index contributed by atoms with van der Waals surface area (Å²) in [4.78, 5) is 0. The Morgan fingerprint density at radius 3 is 2.71 bits per heavy atom. The first kappa shape index (κ1) is 13.2. The molecule has 17 heavy (non-hydrogen) atoms. The molecule has 1 aliphatic carbocycles. The van der Waals surface area contributed by atoms with Crippen LogP contribution in [0.15, 0.2) is 12.3 Å². The average Bonchev–Trinajstić information content (AvgIpc) is 2.76. The SMILES string of the molecule is FC(F)(F)C1CC=C(c2cn(SI)nn2)CC1. The molecule has 8 heteroatoms. The topological polar surface area (TPSA) is 30.7 Å². The van der Waals surface area contributed by atoms with Crippen molar-refractivity contribution in [3.63, 3.8) is 0 Å². The molecule has 0 N–H and O–H groups in total. The minimum absolute atomic E-state index is 0.0447. The van der Waals surface area contributed by atoms with Crippen LogP contribution >= 0.6 is 30.3 Å². The van der Waals surface area contributed by atoms with Crippen LogP contribution in [0.3, 0.4) is 0 Å². The normalized spacial score (nSPS) is 21.4. The molecule has 0 saturated carbocycles. The van der Waals surface area contributed by atoms with Crippen LogP contribution < -0.4 is 0 Å². The molecule has 0 radical (unpaired) electrons. The molecule has 0 amide bonds. The minimum atomic E-state index is -4.09. The Labute approximate surface area is 113 Å². The van der Waals surface area contributed by atoms with Crippen molar-refractivity contribution in [1.29, 1.82) is 0 Å². The van der Waals surface area contributed by atoms with Crippen LogP contribution in [-0.2, 0) is 0 Å². The fraction of sp³-hybridized carbons (Fsp3) is 0.556. The summed E-state index contributed by atoms with van der Waals surface area (Å²) in [6.45, 7) is 0. The van der Waals surface area contributed by atoms with Crippen molar-refractivity contribution in [2.24, 2.45) is 5.92 Å². The van der Waals surface area contributed by atoms with Crippen molar-refractivity contribution in [2.45, 2.75) is 25.4 Å². The highest BCUT2D eigenvalue weighted by Crippen LogP contribution is 2.38. The molecule has 1 aliphatic rings. The Kier molecular flexibility index (Phi) is 4.01. The quantitative estimate of drug-likeness (QED) is 0.736. The van der Waals surface area contributed by atoms with Gasteiger partial charge in [0.1, 0.15) is 5.69 Å². The van der Waals surface area contributed by atoms with Crippen LogP contribution in [0.1, 0.15) is 25.0 Å². The van der Waals surface area contributed by atoms with Crippen molar-refractivity contribution < 1.29 is 13.2 Å². The lowest BCUT2D eigenvalue weighted by atomic mass is 9.88. The summed E-state index contributed by atoms with van der Waals surface area (Å²) in [5, 5.41) is 7.77. The first-order valence-corrected chi connectivity index (χ1v) is 8.30. The van der Waals surface area contributed by atoms with E-state index < -0.39 is 12.1 Å². The van der Waals surface area contributed by atoms with E-state index >= 15 is 0 Å². The van der Waals surface area contributed by atoms with Crippen LogP contribution in [0, 0.1) is 5.92 Å². The Morgan fingerprint density at radius 2 is 2.24 bits per heavy atom. The third-order valence-electron chi connectivity index (χ3n) is 2.75. The molecule has 2 rings (SSSR count). The Balaban J connectivity index is 2.08. The standard InChI is InChI=1S/C9H9F3IN3S/c10-9(11,12)7-3-1-6(2-4-7)8-5-16(17-13)15-14-8/h1,5,7H,2-4H2. The van der Waals surface area contributed by atoms with E-state index in [1.807, 2.05) is 0 Å². The molecule has 1 aromatic heterocycles. The maximum absolute atomic E-state index is 12.5. The molecule has 94 valence electrons. The highest BCUT2D eigenvalue weighted by atomic mass is 127. The van der Waals surface area contributed by atoms with Crippen LogP contribution in [0.5, 0.6) is 0 Å². The van der Waals surface area contributed by atoms with Gasteiger partial charge in [0.2, 0.25) is 0 Å². The van der Waals surface area contributed by atoms with Gasteiger partial charge in [0, 0.05) is 30.3 Å². The predicted octanol–water partition coefficient (Wildman–Crippen LogP) is 3.87. The molecule has 0 fully saturated rings. The maximum Gasteiger partial charge on any atom is 0.392 e. The highest BCUT2D eigenvalue weighted by molar-refractivity contribution is 14.2. The number of nitrogens with zero attached hydrogens (tertiary/aromatic N) is 3. The number of allylic oxidation sites excluding steroid dienone is 2. The zero-order chi connectivity index (χ0) is 12.5. The third-order valence-corrected chi connectivity index (χ3v) is 4.28. The van der Waals surface area contributed by atoms with E-state index in [9.17, 15) is 13.2 Å². The zero-order valence-electron chi connectivity index (χ0n) is 8.62. The Bertz CT molecular complexity index is 429. The van der Waals surface area contributed by atoms with Gasteiger partial charge >= 0.3 is 6.18 Å². The highest BCUT2D eigenvalue weighted by Gasteiger charge is 2.39. The lowest BCUT2D eigenvalue weighted by Crippen LogP contribution is -2.24. The van der Waals surface area contributed by atoms with E-state index in [1.54, 1.807) is 16.4 Å². The molecule has 0 aromatic carbocycles. The van der Waals surface area contributed by atoms with Gasteiger partial charge in [0.15, 0.2) is 0 Å². The van der Waals surface area contributed by atoms with Gasteiger partial charge in [0.05, 0.1) is 12.1 Å². The number of hydrogen-bond acceptors (Lipinski definition) is 3. The number of rotatable bonds is 2. The number of aromatic nitrogens is 3. The van der Waals surface area contributed by atoms with E-state index in [-0.39, 0.29) is 12.8 Å². The first-order chi connectivity index (χ1) is 8.00. The molecule has 1 unspecified atom stereocenters. The maximum atomic E-state index is 12.5. The Hall–Kier alpha value is -0.250. The Morgan fingerprint density at radius 1 is 1.47 bits per heavy atom. The number of hydrogen-bond donors (Lipinski definition) is 0. The summed E-state index contributed by atoms with van der Waals surface area (Å²) < 4.78 is 39.0. The number of halogens is 4. The van der Waals surface area contributed by atoms with Crippen LogP contribution in [0.2, 0.25) is 0 Å².